The highest BCUT2D eigenvalue weighted by molar-refractivity contribution is 5.89. The molecular weight excluding hydrogens is 384 g/mol. The van der Waals surface area contributed by atoms with Crippen LogP contribution in [-0.4, -0.2) is 23.4 Å². The van der Waals surface area contributed by atoms with E-state index < -0.39 is 0 Å². The van der Waals surface area contributed by atoms with Gasteiger partial charge in [-0.3, -0.25) is 9.59 Å². The average Bonchev–Trinajstić information content (AvgIpc) is 2.97. The Morgan fingerprint density at radius 3 is 2.45 bits per heavy atom. The van der Waals surface area contributed by atoms with E-state index in [1.807, 2.05) is 0 Å². The second kappa shape index (κ2) is 7.35. The number of amides is 2. The third kappa shape index (κ3) is 3.97. The number of fused-ring (bicyclic) bond motifs is 5. The number of rotatable bonds is 3. The Hall–Kier alpha value is -1.32. The van der Waals surface area contributed by atoms with E-state index in [9.17, 15) is 9.59 Å². The van der Waals surface area contributed by atoms with E-state index in [1.165, 1.54) is 19.3 Å². The van der Waals surface area contributed by atoms with Gasteiger partial charge < -0.3 is 10.6 Å². The quantitative estimate of drug-likeness (QED) is 0.646. The van der Waals surface area contributed by atoms with E-state index in [1.54, 1.807) is 6.08 Å². The normalized spacial score (nSPS) is 42.3. The third-order valence-corrected chi connectivity index (χ3v) is 9.44. The van der Waals surface area contributed by atoms with E-state index in [0.717, 1.165) is 25.7 Å². The van der Waals surface area contributed by atoms with Gasteiger partial charge in [-0.05, 0) is 93.5 Å². The van der Waals surface area contributed by atoms with Gasteiger partial charge in [0.25, 0.3) is 0 Å². The molecule has 0 aromatic rings. The number of hydrogen-bond donors (Lipinski definition) is 2. The lowest BCUT2D eigenvalue weighted by molar-refractivity contribution is -0.135. The van der Waals surface area contributed by atoms with Crippen LogP contribution in [0.3, 0.4) is 0 Å². The Balaban J connectivity index is 1.51. The van der Waals surface area contributed by atoms with E-state index >= 15 is 0 Å². The smallest absolute Gasteiger partial charge is 0.243 e. The predicted molar refractivity (Wildman–Crippen MR) is 125 cm³/mol. The first-order chi connectivity index (χ1) is 14.3. The second-order valence-electron chi connectivity index (χ2n) is 13.5. The van der Waals surface area contributed by atoms with E-state index in [4.69, 9.17) is 0 Å². The van der Waals surface area contributed by atoms with Crippen molar-refractivity contribution in [1.82, 2.24) is 10.6 Å². The zero-order valence-corrected chi connectivity index (χ0v) is 20.8. The van der Waals surface area contributed by atoms with Crippen LogP contribution in [0.15, 0.2) is 12.2 Å². The SMILES string of the molecule is CC(C)(C)CC(C)(C)NC(=O)[C@H]1CC[C@H]2[C@@H]3CCC4NC(=O)C=C[C@]4(C)[C@H]3CC[C@]12C. The Bertz CT molecular complexity index is 779. The molecular formula is C27H44N2O2. The van der Waals surface area contributed by atoms with Crippen LogP contribution in [0.25, 0.3) is 0 Å². The molecule has 0 aromatic carbocycles. The van der Waals surface area contributed by atoms with E-state index in [0.29, 0.717) is 17.8 Å². The Labute approximate surface area is 189 Å². The summed E-state index contributed by atoms with van der Waals surface area (Å²) in [6.45, 7) is 15.9. The number of hydrogen-bond acceptors (Lipinski definition) is 2. The van der Waals surface area contributed by atoms with Gasteiger partial charge in [0, 0.05) is 22.9 Å². The predicted octanol–water partition coefficient (Wildman–Crippen LogP) is 5.23. The number of carbonyl (C=O) groups excluding carboxylic acids is 2. The van der Waals surface area contributed by atoms with Crippen molar-refractivity contribution in [3.05, 3.63) is 12.2 Å². The molecule has 2 N–H and O–H groups in total. The summed E-state index contributed by atoms with van der Waals surface area (Å²) in [7, 11) is 0. The third-order valence-electron chi connectivity index (χ3n) is 9.44. The van der Waals surface area contributed by atoms with E-state index in [-0.39, 0.29) is 45.6 Å². The van der Waals surface area contributed by atoms with Crippen molar-refractivity contribution in [1.29, 1.82) is 0 Å². The Kier molecular flexibility index (Phi) is 5.42. The summed E-state index contributed by atoms with van der Waals surface area (Å²) in [5.74, 6) is 2.38. The van der Waals surface area contributed by atoms with Gasteiger partial charge in [0.2, 0.25) is 11.8 Å². The van der Waals surface area contributed by atoms with Crippen molar-refractivity contribution < 1.29 is 9.59 Å². The molecule has 3 saturated carbocycles. The fourth-order valence-electron chi connectivity index (χ4n) is 8.55. The van der Waals surface area contributed by atoms with Gasteiger partial charge in [0.05, 0.1) is 0 Å². The highest BCUT2D eigenvalue weighted by atomic mass is 16.2. The zero-order chi connectivity index (χ0) is 22.8. The molecule has 0 aromatic heterocycles. The molecule has 3 aliphatic carbocycles. The first-order valence-corrected chi connectivity index (χ1v) is 12.6. The molecule has 4 heteroatoms. The minimum Gasteiger partial charge on any atom is -0.351 e. The molecule has 0 saturated heterocycles. The van der Waals surface area contributed by atoms with Crippen molar-refractivity contribution in [2.45, 2.75) is 105 Å². The average molecular weight is 429 g/mol. The molecule has 31 heavy (non-hydrogen) atoms. The van der Waals surface area contributed by atoms with Crippen LogP contribution in [0.1, 0.15) is 93.4 Å². The molecule has 4 rings (SSSR count). The molecule has 3 fully saturated rings. The summed E-state index contributed by atoms with van der Waals surface area (Å²) in [6, 6.07) is 0.273. The lowest BCUT2D eigenvalue weighted by Gasteiger charge is -2.58. The maximum Gasteiger partial charge on any atom is 0.243 e. The monoisotopic (exact) mass is 428 g/mol. The van der Waals surface area contributed by atoms with Crippen molar-refractivity contribution in [2.24, 2.45) is 39.9 Å². The summed E-state index contributed by atoms with van der Waals surface area (Å²) in [5, 5.41) is 6.69. The Morgan fingerprint density at radius 2 is 1.77 bits per heavy atom. The van der Waals surface area contributed by atoms with Gasteiger partial charge in [0.15, 0.2) is 0 Å². The standard InChI is InChI=1S/C27H44N2O2/c1-24(2,3)16-25(4,5)29-23(31)20-10-9-18-17-8-11-21-27(7,15-13-22(30)28-21)19(17)12-14-26(18,20)6/h13,15,17-21H,8-12,14,16H2,1-7H3,(H,28,30)(H,29,31)/t17-,18-,19-,20+,21?,26-,27+/m0/s1. The van der Waals surface area contributed by atoms with Crippen molar-refractivity contribution in [3.63, 3.8) is 0 Å². The maximum atomic E-state index is 13.5. The van der Waals surface area contributed by atoms with Crippen LogP contribution in [0.5, 0.6) is 0 Å². The van der Waals surface area contributed by atoms with Crippen LogP contribution in [-0.2, 0) is 9.59 Å². The fourth-order valence-corrected chi connectivity index (χ4v) is 8.55. The van der Waals surface area contributed by atoms with Gasteiger partial charge in [-0.15, -0.1) is 0 Å². The second-order valence-corrected chi connectivity index (χ2v) is 13.5. The molecule has 0 spiro atoms. The summed E-state index contributed by atoms with van der Waals surface area (Å²) in [4.78, 5) is 25.5. The summed E-state index contributed by atoms with van der Waals surface area (Å²) < 4.78 is 0. The molecule has 0 radical (unpaired) electrons. The zero-order valence-electron chi connectivity index (χ0n) is 20.8. The summed E-state index contributed by atoms with van der Waals surface area (Å²) in [6.07, 6.45) is 11.7. The molecule has 1 heterocycles. The van der Waals surface area contributed by atoms with Crippen LogP contribution in [0.4, 0.5) is 0 Å². The Morgan fingerprint density at radius 1 is 1.06 bits per heavy atom. The number of carbonyl (C=O) groups is 2. The summed E-state index contributed by atoms with van der Waals surface area (Å²) >= 11 is 0. The largest absolute Gasteiger partial charge is 0.351 e. The minimum atomic E-state index is -0.183. The van der Waals surface area contributed by atoms with Crippen molar-refractivity contribution >= 4 is 11.8 Å². The van der Waals surface area contributed by atoms with Gasteiger partial charge in [-0.2, -0.15) is 0 Å². The molecule has 174 valence electrons. The van der Waals surface area contributed by atoms with E-state index in [2.05, 4.69) is 65.2 Å². The number of nitrogens with one attached hydrogen (secondary N) is 2. The van der Waals surface area contributed by atoms with Gasteiger partial charge in [0.1, 0.15) is 0 Å². The van der Waals surface area contributed by atoms with Gasteiger partial charge in [-0.25, -0.2) is 0 Å². The van der Waals surface area contributed by atoms with Crippen LogP contribution < -0.4 is 10.6 Å². The molecule has 4 aliphatic rings. The maximum absolute atomic E-state index is 13.5. The van der Waals surface area contributed by atoms with Crippen LogP contribution in [0, 0.1) is 39.9 Å². The topological polar surface area (TPSA) is 58.2 Å². The van der Waals surface area contributed by atoms with Crippen LogP contribution in [0.2, 0.25) is 0 Å². The first-order valence-electron chi connectivity index (χ1n) is 12.6. The van der Waals surface area contributed by atoms with Crippen LogP contribution >= 0.6 is 0 Å². The molecule has 4 nitrogen and oxygen atoms in total. The molecule has 2 amide bonds. The lowest BCUT2D eigenvalue weighted by atomic mass is 9.48. The van der Waals surface area contributed by atoms with Gasteiger partial charge >= 0.3 is 0 Å². The molecule has 1 unspecified atom stereocenters. The highest BCUT2D eigenvalue weighted by Gasteiger charge is 2.61. The van der Waals surface area contributed by atoms with Crippen molar-refractivity contribution in [2.75, 3.05) is 0 Å². The first kappa shape index (κ1) is 22.9. The molecule has 0 bridgehead atoms. The summed E-state index contributed by atoms with van der Waals surface area (Å²) in [5.41, 5.74) is 0.173. The highest BCUT2D eigenvalue weighted by Crippen LogP contribution is 2.65. The van der Waals surface area contributed by atoms with Crippen molar-refractivity contribution in [3.8, 4) is 0 Å². The fraction of sp³-hybridized carbons (Fsp3) is 0.852. The molecule has 7 atom stereocenters. The lowest BCUT2D eigenvalue weighted by Crippen LogP contribution is -2.60. The molecule has 1 aliphatic heterocycles. The van der Waals surface area contributed by atoms with Gasteiger partial charge in [-0.1, -0.05) is 40.7 Å². The minimum absolute atomic E-state index is 0.0627.